The Labute approximate surface area is 171 Å². The van der Waals surface area contributed by atoms with Crippen LogP contribution >= 0.6 is 0 Å². The van der Waals surface area contributed by atoms with E-state index in [1.807, 2.05) is 32.0 Å². The maximum Gasteiger partial charge on any atom is 0.322 e. The van der Waals surface area contributed by atoms with Gasteiger partial charge in [-0.3, -0.25) is 9.97 Å². The number of H-pyrrole nitrogens is 1. The van der Waals surface area contributed by atoms with Crippen molar-refractivity contribution < 1.29 is 14.0 Å². The van der Waals surface area contributed by atoms with Gasteiger partial charge >= 0.3 is 5.16 Å². The average Bonchev–Trinajstić information content (AvgIpc) is 3.01. The van der Waals surface area contributed by atoms with Gasteiger partial charge in [-0.15, -0.1) is 0 Å². The first-order valence-corrected chi connectivity index (χ1v) is 8.76. The van der Waals surface area contributed by atoms with Crippen molar-refractivity contribution in [1.29, 1.82) is 0 Å². The third kappa shape index (κ3) is 4.12. The summed E-state index contributed by atoms with van der Waals surface area (Å²) in [5, 5.41) is 0.430. The number of nitrogens with zero attached hydrogens (tertiary/aromatic N) is 2. The van der Waals surface area contributed by atoms with Gasteiger partial charge in [0.25, 0.3) is 0 Å². The molecule has 0 bridgehead atoms. The molecule has 6 nitrogen and oxygen atoms in total. The molecule has 25 heavy (non-hydrogen) atoms. The summed E-state index contributed by atoms with van der Waals surface area (Å²) in [7, 11) is 3.23. The minimum absolute atomic E-state index is 0. The van der Waals surface area contributed by atoms with E-state index in [0.29, 0.717) is 5.16 Å². The van der Waals surface area contributed by atoms with E-state index in [0.717, 1.165) is 39.4 Å². The van der Waals surface area contributed by atoms with Crippen molar-refractivity contribution in [2.24, 2.45) is 0 Å². The first-order chi connectivity index (χ1) is 11.5. The van der Waals surface area contributed by atoms with Crippen LogP contribution in [0.15, 0.2) is 29.6 Å². The molecule has 0 aliphatic carbocycles. The zero-order chi connectivity index (χ0) is 17.3. The Bertz CT molecular complexity index is 885. The number of benzene rings is 1. The van der Waals surface area contributed by atoms with E-state index >= 15 is 0 Å². The molecule has 0 fully saturated rings. The summed E-state index contributed by atoms with van der Waals surface area (Å²) in [6.45, 7) is 3.86. The Morgan fingerprint density at radius 3 is 2.64 bits per heavy atom. The van der Waals surface area contributed by atoms with Gasteiger partial charge in [-0.1, -0.05) is 0 Å². The van der Waals surface area contributed by atoms with Crippen LogP contribution < -0.4 is 9.47 Å². The summed E-state index contributed by atoms with van der Waals surface area (Å²) in [6, 6.07) is 5.50. The van der Waals surface area contributed by atoms with Gasteiger partial charge in [-0.05, 0) is 26.0 Å². The van der Waals surface area contributed by atoms with Crippen molar-refractivity contribution in [1.82, 2.24) is 15.0 Å². The molecule has 1 N–H and O–H groups in total. The number of rotatable bonds is 5. The van der Waals surface area contributed by atoms with Crippen LogP contribution in [0, 0.1) is 13.8 Å². The van der Waals surface area contributed by atoms with Crippen LogP contribution in [0.1, 0.15) is 16.8 Å². The summed E-state index contributed by atoms with van der Waals surface area (Å²) < 4.78 is 23.3. The number of methoxy groups -OCH3 is 2. The molecule has 1 unspecified atom stereocenters. The predicted octanol–water partition coefficient (Wildman–Crippen LogP) is 2.52. The summed E-state index contributed by atoms with van der Waals surface area (Å²) in [6.07, 6.45) is 1.74. The molecule has 0 aliphatic heterocycles. The molecule has 2 aromatic heterocycles. The number of fused-ring (bicyclic) bond motifs is 1. The van der Waals surface area contributed by atoms with Crippen molar-refractivity contribution in [2.75, 3.05) is 14.2 Å². The topological polar surface area (TPSA) is 83.1 Å². The van der Waals surface area contributed by atoms with Gasteiger partial charge in [0.05, 0.1) is 30.9 Å². The molecule has 8 heteroatoms. The molecule has 0 aliphatic rings. The van der Waals surface area contributed by atoms with Crippen molar-refractivity contribution in [2.45, 2.75) is 24.8 Å². The fraction of sp³-hybridized carbons (Fsp3) is 0.294. The SMILES string of the molecule is COc1ccc2nc([S+]([O-])Cc3ncc(C)c(OC)c3C)[nH]c2c1.[Na]. The van der Waals surface area contributed by atoms with E-state index in [2.05, 4.69) is 15.0 Å². The third-order valence-electron chi connectivity index (χ3n) is 3.90. The predicted molar refractivity (Wildman–Crippen MR) is 98.8 cm³/mol. The number of aromatic amines is 1. The first kappa shape index (κ1) is 20.1. The summed E-state index contributed by atoms with van der Waals surface area (Å²) in [5.74, 6) is 1.79. The largest absolute Gasteiger partial charge is 0.609 e. The number of aromatic nitrogens is 3. The standard InChI is InChI=1S/C17H19N3O3S.Na/c1-10-8-18-15(11(2)16(10)23-4)9-24(21)17-19-13-6-5-12(22-3)7-14(13)20-17;/h5-8H,9H2,1-4H3,(H,19,20);. The van der Waals surface area contributed by atoms with Gasteiger partial charge in [0.15, 0.2) is 5.75 Å². The Hall–Kier alpha value is -1.25. The van der Waals surface area contributed by atoms with Crippen LogP contribution in [-0.2, 0) is 16.9 Å². The fourth-order valence-electron chi connectivity index (χ4n) is 2.61. The van der Waals surface area contributed by atoms with Gasteiger partial charge in [0.2, 0.25) is 0 Å². The quantitative estimate of drug-likeness (QED) is 0.553. The molecular formula is C17H19N3NaO3S. The minimum atomic E-state index is -1.33. The summed E-state index contributed by atoms with van der Waals surface area (Å²) in [4.78, 5) is 11.9. The number of ether oxygens (including phenoxy) is 2. The van der Waals surface area contributed by atoms with E-state index in [9.17, 15) is 4.55 Å². The summed E-state index contributed by atoms with van der Waals surface area (Å²) in [5.41, 5.74) is 4.16. The Morgan fingerprint density at radius 2 is 1.96 bits per heavy atom. The number of hydrogen-bond acceptors (Lipinski definition) is 5. The van der Waals surface area contributed by atoms with Crippen LogP contribution in [0.4, 0.5) is 0 Å². The molecule has 0 saturated heterocycles. The Kier molecular flexibility index (Phi) is 6.76. The average molecular weight is 368 g/mol. The third-order valence-corrected chi connectivity index (χ3v) is 5.06. The van der Waals surface area contributed by atoms with Crippen LogP contribution in [0.5, 0.6) is 11.5 Å². The van der Waals surface area contributed by atoms with Gasteiger partial charge < -0.3 is 14.0 Å². The molecule has 1 aromatic carbocycles. The Morgan fingerprint density at radius 1 is 1.20 bits per heavy atom. The van der Waals surface area contributed by atoms with E-state index in [1.165, 1.54) is 0 Å². The van der Waals surface area contributed by atoms with Crippen LogP contribution in [0.3, 0.4) is 0 Å². The number of pyridine rings is 1. The molecular weight excluding hydrogens is 349 g/mol. The molecule has 3 aromatic rings. The zero-order valence-corrected chi connectivity index (χ0v) is 17.9. The smallest absolute Gasteiger partial charge is 0.322 e. The second-order valence-electron chi connectivity index (χ2n) is 5.46. The maximum atomic E-state index is 12.7. The number of imidazole rings is 1. The van der Waals surface area contributed by atoms with Gasteiger partial charge in [0, 0.05) is 64.1 Å². The minimum Gasteiger partial charge on any atom is -0.609 e. The van der Waals surface area contributed by atoms with E-state index in [1.54, 1.807) is 20.4 Å². The monoisotopic (exact) mass is 368 g/mol. The van der Waals surface area contributed by atoms with E-state index in [4.69, 9.17) is 9.47 Å². The Balaban J connectivity index is 0.00000225. The van der Waals surface area contributed by atoms with Gasteiger partial charge in [-0.25, -0.2) is 0 Å². The first-order valence-electron chi connectivity index (χ1n) is 7.44. The number of aryl methyl sites for hydroxylation is 1. The van der Waals surface area contributed by atoms with E-state index in [-0.39, 0.29) is 35.3 Å². The number of nitrogens with one attached hydrogen (secondary N) is 1. The van der Waals surface area contributed by atoms with E-state index < -0.39 is 11.2 Å². The molecule has 0 spiro atoms. The second-order valence-corrected chi connectivity index (χ2v) is 6.83. The van der Waals surface area contributed by atoms with Crippen LogP contribution in [-0.4, -0.2) is 63.3 Å². The summed E-state index contributed by atoms with van der Waals surface area (Å²) >= 11 is -1.33. The van der Waals surface area contributed by atoms with Crippen LogP contribution in [0.25, 0.3) is 11.0 Å². The maximum absolute atomic E-state index is 12.7. The molecule has 0 saturated carbocycles. The molecule has 1 atom stereocenters. The van der Waals surface area contributed by atoms with Crippen molar-refractivity contribution in [3.63, 3.8) is 0 Å². The molecule has 1 radical (unpaired) electrons. The van der Waals surface area contributed by atoms with Gasteiger partial charge in [0.1, 0.15) is 11.5 Å². The van der Waals surface area contributed by atoms with Crippen LogP contribution in [0.2, 0.25) is 0 Å². The number of hydrogen-bond donors (Lipinski definition) is 1. The molecule has 0 amide bonds. The van der Waals surface area contributed by atoms with Gasteiger partial charge in [-0.2, -0.15) is 4.98 Å². The normalized spacial score (nSPS) is 11.9. The second kappa shape index (κ2) is 8.42. The fourth-order valence-corrected chi connectivity index (χ4v) is 3.71. The molecule has 127 valence electrons. The van der Waals surface area contributed by atoms with Crippen molar-refractivity contribution >= 4 is 51.8 Å². The van der Waals surface area contributed by atoms with Crippen molar-refractivity contribution in [3.8, 4) is 11.5 Å². The zero-order valence-electron chi connectivity index (χ0n) is 15.0. The van der Waals surface area contributed by atoms with Crippen molar-refractivity contribution in [3.05, 3.63) is 41.2 Å². The molecule has 3 rings (SSSR count). The molecule has 2 heterocycles.